The molecule has 0 aliphatic heterocycles. The van der Waals surface area contributed by atoms with E-state index in [1.807, 2.05) is 30.3 Å². The van der Waals surface area contributed by atoms with Crippen LogP contribution in [0.3, 0.4) is 0 Å². The molecule has 104 valence electrons. The molecule has 0 fully saturated rings. The van der Waals surface area contributed by atoms with Gasteiger partial charge in [-0.2, -0.15) is 0 Å². The molecule has 0 bridgehead atoms. The molecule has 0 heterocycles. The number of benzene rings is 2. The van der Waals surface area contributed by atoms with Crippen LogP contribution in [0.4, 0.5) is 10.1 Å². The van der Waals surface area contributed by atoms with Crippen LogP contribution >= 0.6 is 11.8 Å². The summed E-state index contributed by atoms with van der Waals surface area (Å²) in [4.78, 5) is 4.25. The van der Waals surface area contributed by atoms with Crippen LogP contribution in [0.2, 0.25) is 0 Å². The summed E-state index contributed by atoms with van der Waals surface area (Å²) in [5, 5.41) is 0.466. The maximum Gasteiger partial charge on any atom is 0.165 e. The number of halogens is 1. The zero-order valence-electron chi connectivity index (χ0n) is 10.8. The van der Waals surface area contributed by atoms with Crippen molar-refractivity contribution in [2.45, 2.75) is 0 Å². The lowest BCUT2D eigenvalue weighted by Gasteiger charge is -2.06. The second-order valence-corrected chi connectivity index (χ2v) is 5.03. The molecule has 5 heteroatoms. The molecule has 3 nitrogen and oxygen atoms in total. The summed E-state index contributed by atoms with van der Waals surface area (Å²) in [5.74, 6) is 0.506. The van der Waals surface area contributed by atoms with E-state index in [-0.39, 0.29) is 11.6 Å². The highest BCUT2D eigenvalue weighted by Gasteiger charge is 2.01. The van der Waals surface area contributed by atoms with Gasteiger partial charge < -0.3 is 10.5 Å². The molecule has 2 rings (SSSR count). The first-order chi connectivity index (χ1) is 9.75. The molecule has 0 aromatic heterocycles. The van der Waals surface area contributed by atoms with Gasteiger partial charge in [-0.3, -0.25) is 0 Å². The van der Waals surface area contributed by atoms with Crippen LogP contribution in [-0.2, 0) is 0 Å². The lowest BCUT2D eigenvalue weighted by atomic mass is 10.3. The number of para-hydroxylation sites is 2. The first kappa shape index (κ1) is 14.4. The van der Waals surface area contributed by atoms with Crippen LogP contribution in [0, 0.1) is 5.82 Å². The number of aliphatic imine (C=N–C) groups is 1. The lowest BCUT2D eigenvalue weighted by Crippen LogP contribution is -2.10. The number of thioether (sulfide) groups is 1. The van der Waals surface area contributed by atoms with Gasteiger partial charge in [-0.1, -0.05) is 42.1 Å². The summed E-state index contributed by atoms with van der Waals surface area (Å²) in [5.41, 5.74) is 6.61. The minimum absolute atomic E-state index is 0.256. The van der Waals surface area contributed by atoms with Crippen molar-refractivity contribution >= 4 is 22.6 Å². The van der Waals surface area contributed by atoms with Crippen molar-refractivity contribution in [3.8, 4) is 5.75 Å². The summed E-state index contributed by atoms with van der Waals surface area (Å²) in [6, 6.07) is 15.8. The van der Waals surface area contributed by atoms with Gasteiger partial charge in [-0.15, -0.1) is 0 Å². The molecule has 0 radical (unpaired) electrons. The second-order valence-electron chi connectivity index (χ2n) is 3.91. The molecule has 0 amide bonds. The Bertz CT molecular complexity index is 575. The Balaban J connectivity index is 1.76. The van der Waals surface area contributed by atoms with Crippen molar-refractivity contribution in [1.29, 1.82) is 0 Å². The van der Waals surface area contributed by atoms with E-state index in [4.69, 9.17) is 10.5 Å². The molecule has 0 saturated heterocycles. The zero-order valence-corrected chi connectivity index (χ0v) is 11.6. The monoisotopic (exact) mass is 290 g/mol. The fourth-order valence-electron chi connectivity index (χ4n) is 1.52. The largest absolute Gasteiger partial charge is 0.490 e. The topological polar surface area (TPSA) is 47.6 Å². The third kappa shape index (κ3) is 4.59. The third-order valence-corrected chi connectivity index (χ3v) is 3.18. The Labute approximate surface area is 121 Å². The first-order valence-electron chi connectivity index (χ1n) is 6.15. The van der Waals surface area contributed by atoms with Gasteiger partial charge in [-0.05, 0) is 24.3 Å². The van der Waals surface area contributed by atoms with Gasteiger partial charge >= 0.3 is 0 Å². The number of ether oxygens (including phenoxy) is 1. The Hall–Kier alpha value is -2.01. The normalized spacial score (nSPS) is 11.3. The van der Waals surface area contributed by atoms with Crippen molar-refractivity contribution in [2.75, 3.05) is 12.4 Å². The second kappa shape index (κ2) is 7.55. The smallest absolute Gasteiger partial charge is 0.165 e. The van der Waals surface area contributed by atoms with Crippen molar-refractivity contribution < 1.29 is 9.13 Å². The van der Waals surface area contributed by atoms with Crippen LogP contribution in [0.1, 0.15) is 0 Å². The molecular formula is C15H15FN2OS. The highest BCUT2D eigenvalue weighted by atomic mass is 32.2. The number of hydrogen-bond acceptors (Lipinski definition) is 3. The van der Waals surface area contributed by atoms with E-state index in [0.717, 1.165) is 5.69 Å². The van der Waals surface area contributed by atoms with Crippen LogP contribution in [0.5, 0.6) is 5.75 Å². The summed E-state index contributed by atoms with van der Waals surface area (Å²) in [7, 11) is 0. The van der Waals surface area contributed by atoms with Gasteiger partial charge in [0.05, 0.1) is 12.3 Å². The van der Waals surface area contributed by atoms with E-state index in [0.29, 0.717) is 17.5 Å². The fraction of sp³-hybridized carbons (Fsp3) is 0.133. The fourth-order valence-corrected chi connectivity index (χ4v) is 2.07. The third-order valence-electron chi connectivity index (χ3n) is 2.42. The Morgan fingerprint density at radius 3 is 2.55 bits per heavy atom. The average molecular weight is 290 g/mol. The standard InChI is InChI=1S/C15H15FN2OS/c16-13-8-4-5-9-14(13)19-10-11-20-15(17)18-12-6-2-1-3-7-12/h1-9H,10-11H2,(H2,17,18). The minimum atomic E-state index is -0.358. The molecule has 2 aromatic rings. The minimum Gasteiger partial charge on any atom is -0.490 e. The molecule has 0 aliphatic carbocycles. The van der Waals surface area contributed by atoms with Crippen LogP contribution in [0.15, 0.2) is 59.6 Å². The molecule has 0 atom stereocenters. The van der Waals surface area contributed by atoms with Gasteiger partial charge in [0, 0.05) is 5.75 Å². The molecule has 0 aliphatic rings. The highest BCUT2D eigenvalue weighted by molar-refractivity contribution is 8.13. The Morgan fingerprint density at radius 1 is 1.10 bits per heavy atom. The van der Waals surface area contributed by atoms with Crippen molar-refractivity contribution in [3.63, 3.8) is 0 Å². The van der Waals surface area contributed by atoms with E-state index < -0.39 is 0 Å². The van der Waals surface area contributed by atoms with Gasteiger partial charge in [-0.25, -0.2) is 9.38 Å². The van der Waals surface area contributed by atoms with Crippen molar-refractivity contribution in [3.05, 3.63) is 60.4 Å². The summed E-state index contributed by atoms with van der Waals surface area (Å²) in [6.07, 6.45) is 0. The summed E-state index contributed by atoms with van der Waals surface area (Å²) >= 11 is 1.38. The molecule has 0 saturated carbocycles. The van der Waals surface area contributed by atoms with E-state index in [1.54, 1.807) is 18.2 Å². The summed E-state index contributed by atoms with van der Waals surface area (Å²) < 4.78 is 18.6. The van der Waals surface area contributed by atoms with Gasteiger partial charge in [0.15, 0.2) is 16.7 Å². The van der Waals surface area contributed by atoms with E-state index in [9.17, 15) is 4.39 Å². The van der Waals surface area contributed by atoms with Crippen LogP contribution in [0.25, 0.3) is 0 Å². The predicted molar refractivity (Wildman–Crippen MR) is 82.1 cm³/mol. The van der Waals surface area contributed by atoms with Crippen LogP contribution < -0.4 is 10.5 Å². The number of nitrogens with zero attached hydrogens (tertiary/aromatic N) is 1. The van der Waals surface area contributed by atoms with Crippen molar-refractivity contribution in [1.82, 2.24) is 0 Å². The predicted octanol–water partition coefficient (Wildman–Crippen LogP) is 3.58. The maximum absolute atomic E-state index is 13.3. The summed E-state index contributed by atoms with van der Waals surface area (Å²) in [6.45, 7) is 0.372. The highest BCUT2D eigenvalue weighted by Crippen LogP contribution is 2.16. The van der Waals surface area contributed by atoms with Gasteiger partial charge in [0.2, 0.25) is 0 Å². The molecule has 20 heavy (non-hydrogen) atoms. The Kier molecular flexibility index (Phi) is 5.43. The van der Waals surface area contributed by atoms with Crippen molar-refractivity contribution in [2.24, 2.45) is 10.7 Å². The molecule has 0 unspecified atom stereocenters. The Morgan fingerprint density at radius 2 is 1.80 bits per heavy atom. The van der Waals surface area contributed by atoms with E-state index in [1.165, 1.54) is 17.8 Å². The number of nitrogens with two attached hydrogens (primary N) is 1. The first-order valence-corrected chi connectivity index (χ1v) is 7.13. The molecule has 2 N–H and O–H groups in total. The molecule has 2 aromatic carbocycles. The lowest BCUT2D eigenvalue weighted by molar-refractivity contribution is 0.325. The SMILES string of the molecule is NC(=Nc1ccccc1)SCCOc1ccccc1F. The zero-order chi connectivity index (χ0) is 14.2. The quantitative estimate of drug-likeness (QED) is 0.520. The number of amidine groups is 1. The number of hydrogen-bond donors (Lipinski definition) is 1. The van der Waals surface area contributed by atoms with Gasteiger partial charge in [0.1, 0.15) is 0 Å². The molecular weight excluding hydrogens is 275 g/mol. The van der Waals surface area contributed by atoms with E-state index in [2.05, 4.69) is 4.99 Å². The number of rotatable bonds is 5. The maximum atomic E-state index is 13.3. The van der Waals surface area contributed by atoms with Gasteiger partial charge in [0.25, 0.3) is 0 Å². The molecule has 0 spiro atoms. The van der Waals surface area contributed by atoms with Crippen LogP contribution in [-0.4, -0.2) is 17.5 Å². The van der Waals surface area contributed by atoms with E-state index >= 15 is 0 Å². The average Bonchev–Trinajstić information content (AvgIpc) is 2.46.